The molecule has 2 rings (SSSR count). The summed E-state index contributed by atoms with van der Waals surface area (Å²) in [7, 11) is 1.33. The number of benzene rings is 1. The number of nitrogens with two attached hydrogens (primary N) is 1. The predicted octanol–water partition coefficient (Wildman–Crippen LogP) is 2.49. The zero-order chi connectivity index (χ0) is 13.1. The molecule has 0 atom stereocenters. The third kappa shape index (κ3) is 2.17. The van der Waals surface area contributed by atoms with Gasteiger partial charge in [0.05, 0.1) is 7.11 Å². The van der Waals surface area contributed by atoms with E-state index in [1.54, 1.807) is 6.07 Å². The van der Waals surface area contributed by atoms with Crippen molar-refractivity contribution >= 4 is 0 Å². The van der Waals surface area contributed by atoms with E-state index >= 15 is 0 Å². The summed E-state index contributed by atoms with van der Waals surface area (Å²) in [6.07, 6.45) is 1.41. The van der Waals surface area contributed by atoms with Crippen LogP contribution in [0.1, 0.15) is 5.56 Å². The van der Waals surface area contributed by atoms with Crippen molar-refractivity contribution in [2.45, 2.75) is 6.54 Å². The maximum atomic E-state index is 13.9. The lowest BCUT2D eigenvalue weighted by Crippen LogP contribution is -2.00. The Hall–Kier alpha value is -2.01. The first-order valence-corrected chi connectivity index (χ1v) is 5.34. The summed E-state index contributed by atoms with van der Waals surface area (Å²) in [6.45, 7) is 0.105. The van der Waals surface area contributed by atoms with Crippen molar-refractivity contribution < 1.29 is 13.5 Å². The molecule has 0 aliphatic heterocycles. The molecule has 0 saturated heterocycles. The summed E-state index contributed by atoms with van der Waals surface area (Å²) < 4.78 is 32.3. The highest BCUT2D eigenvalue weighted by atomic mass is 19.1. The van der Waals surface area contributed by atoms with Gasteiger partial charge >= 0.3 is 0 Å². The summed E-state index contributed by atoms with van der Waals surface area (Å²) in [6, 6.07) is 5.87. The van der Waals surface area contributed by atoms with Crippen molar-refractivity contribution in [1.82, 2.24) is 4.98 Å². The van der Waals surface area contributed by atoms with E-state index in [0.717, 1.165) is 0 Å². The van der Waals surface area contributed by atoms with Crippen LogP contribution in [0.3, 0.4) is 0 Å². The van der Waals surface area contributed by atoms with Crippen LogP contribution in [0, 0.1) is 11.6 Å². The lowest BCUT2D eigenvalue weighted by Gasteiger charge is -2.08. The highest BCUT2D eigenvalue weighted by Crippen LogP contribution is 2.28. The van der Waals surface area contributed by atoms with Crippen molar-refractivity contribution in [2.24, 2.45) is 5.73 Å². The zero-order valence-corrected chi connectivity index (χ0v) is 9.78. The van der Waals surface area contributed by atoms with Crippen molar-refractivity contribution in [1.29, 1.82) is 0 Å². The zero-order valence-electron chi connectivity index (χ0n) is 9.78. The van der Waals surface area contributed by atoms with Gasteiger partial charge in [0.25, 0.3) is 5.88 Å². The highest BCUT2D eigenvalue weighted by molar-refractivity contribution is 5.65. The topological polar surface area (TPSA) is 48.1 Å². The molecule has 1 aromatic carbocycles. The van der Waals surface area contributed by atoms with Gasteiger partial charge in [0.15, 0.2) is 5.82 Å². The monoisotopic (exact) mass is 250 g/mol. The third-order valence-electron chi connectivity index (χ3n) is 2.63. The lowest BCUT2D eigenvalue weighted by molar-refractivity contribution is 0.370. The van der Waals surface area contributed by atoms with Gasteiger partial charge in [0, 0.05) is 23.9 Å². The molecule has 1 aromatic heterocycles. The number of hydrogen-bond acceptors (Lipinski definition) is 3. The minimum Gasteiger partial charge on any atom is -0.479 e. The Morgan fingerprint density at radius 3 is 2.67 bits per heavy atom. The summed E-state index contributed by atoms with van der Waals surface area (Å²) in [5.41, 5.74) is 6.42. The average molecular weight is 250 g/mol. The fourth-order valence-electron chi connectivity index (χ4n) is 1.67. The van der Waals surface area contributed by atoms with Crippen LogP contribution in [-0.2, 0) is 6.54 Å². The van der Waals surface area contributed by atoms with E-state index in [4.69, 9.17) is 10.5 Å². The molecule has 2 N–H and O–H groups in total. The number of aromatic nitrogens is 1. The maximum absolute atomic E-state index is 13.9. The predicted molar refractivity (Wildman–Crippen MR) is 64.0 cm³/mol. The van der Waals surface area contributed by atoms with Crippen LogP contribution in [0.2, 0.25) is 0 Å². The Balaban J connectivity index is 2.52. The summed E-state index contributed by atoms with van der Waals surface area (Å²) in [5, 5.41) is 0. The summed E-state index contributed by atoms with van der Waals surface area (Å²) >= 11 is 0. The molecule has 0 radical (unpaired) electrons. The highest BCUT2D eigenvalue weighted by Gasteiger charge is 2.13. The first kappa shape index (κ1) is 12.4. The van der Waals surface area contributed by atoms with Crippen LogP contribution in [0.4, 0.5) is 8.78 Å². The molecule has 94 valence electrons. The van der Waals surface area contributed by atoms with Gasteiger partial charge in [-0.25, -0.2) is 13.8 Å². The summed E-state index contributed by atoms with van der Waals surface area (Å²) in [5.74, 6) is -1.18. The molecule has 3 nitrogen and oxygen atoms in total. The van der Waals surface area contributed by atoms with Gasteiger partial charge in [0.2, 0.25) is 0 Å². The fraction of sp³-hybridized carbons (Fsp3) is 0.154. The van der Waals surface area contributed by atoms with Crippen LogP contribution in [-0.4, -0.2) is 12.1 Å². The molecule has 18 heavy (non-hydrogen) atoms. The second kappa shape index (κ2) is 5.10. The number of halogens is 2. The first-order valence-electron chi connectivity index (χ1n) is 5.34. The molecule has 0 fully saturated rings. The number of hydrogen-bond donors (Lipinski definition) is 1. The van der Waals surface area contributed by atoms with E-state index in [2.05, 4.69) is 4.98 Å². The van der Waals surface area contributed by atoms with Gasteiger partial charge in [0.1, 0.15) is 5.82 Å². The van der Waals surface area contributed by atoms with Gasteiger partial charge < -0.3 is 10.5 Å². The van der Waals surface area contributed by atoms with Gasteiger partial charge in [-0.2, -0.15) is 0 Å². The van der Waals surface area contributed by atoms with Crippen LogP contribution in [0.25, 0.3) is 11.1 Å². The number of ether oxygens (including phenoxy) is 1. The Bertz CT molecular complexity index is 573. The molecular weight excluding hydrogens is 238 g/mol. The molecular formula is C13H12F2N2O. The SMILES string of the molecule is COc1nccc(-c2ccc(CN)c(F)c2)c1F. The van der Waals surface area contributed by atoms with Crippen molar-refractivity contribution in [3.63, 3.8) is 0 Å². The molecule has 2 aromatic rings. The Labute approximate surface area is 103 Å². The van der Waals surface area contributed by atoms with Crippen LogP contribution in [0.5, 0.6) is 5.88 Å². The molecule has 0 aliphatic rings. The number of nitrogens with zero attached hydrogens (tertiary/aromatic N) is 1. The molecule has 5 heteroatoms. The van der Waals surface area contributed by atoms with Gasteiger partial charge in [-0.15, -0.1) is 0 Å². The van der Waals surface area contributed by atoms with Gasteiger partial charge in [-0.1, -0.05) is 12.1 Å². The van der Waals surface area contributed by atoms with Gasteiger partial charge in [-0.05, 0) is 17.7 Å². The number of methoxy groups -OCH3 is 1. The fourth-order valence-corrected chi connectivity index (χ4v) is 1.67. The van der Waals surface area contributed by atoms with E-state index in [0.29, 0.717) is 11.1 Å². The second-order valence-electron chi connectivity index (χ2n) is 3.69. The largest absolute Gasteiger partial charge is 0.479 e. The first-order chi connectivity index (χ1) is 8.67. The third-order valence-corrected chi connectivity index (χ3v) is 2.63. The van der Waals surface area contributed by atoms with Crippen molar-refractivity contribution in [3.8, 4) is 17.0 Å². The molecule has 0 unspecified atom stereocenters. The summed E-state index contributed by atoms with van der Waals surface area (Å²) in [4.78, 5) is 3.73. The van der Waals surface area contributed by atoms with E-state index in [9.17, 15) is 8.78 Å². The Morgan fingerprint density at radius 1 is 1.28 bits per heavy atom. The normalized spacial score (nSPS) is 10.4. The molecule has 1 heterocycles. The molecule has 0 spiro atoms. The van der Waals surface area contributed by atoms with E-state index in [-0.39, 0.29) is 18.0 Å². The molecule has 0 amide bonds. The smallest absolute Gasteiger partial charge is 0.250 e. The molecule has 0 bridgehead atoms. The van der Waals surface area contributed by atoms with Crippen molar-refractivity contribution in [3.05, 3.63) is 47.7 Å². The standard InChI is InChI=1S/C13H12F2N2O/c1-18-13-12(15)10(4-5-17-13)8-2-3-9(7-16)11(14)6-8/h2-6H,7,16H2,1H3. The minimum atomic E-state index is -0.611. The van der Waals surface area contributed by atoms with E-state index < -0.39 is 11.6 Å². The van der Waals surface area contributed by atoms with E-state index in [1.165, 1.54) is 31.5 Å². The van der Waals surface area contributed by atoms with E-state index in [1.807, 2.05) is 0 Å². The van der Waals surface area contributed by atoms with Crippen LogP contribution < -0.4 is 10.5 Å². The Morgan fingerprint density at radius 2 is 2.06 bits per heavy atom. The van der Waals surface area contributed by atoms with Crippen LogP contribution in [0.15, 0.2) is 30.5 Å². The second-order valence-corrected chi connectivity index (χ2v) is 3.69. The quantitative estimate of drug-likeness (QED) is 0.910. The number of pyridine rings is 1. The average Bonchev–Trinajstić information content (AvgIpc) is 2.39. The number of rotatable bonds is 3. The molecule has 0 saturated carbocycles. The van der Waals surface area contributed by atoms with Gasteiger partial charge in [-0.3, -0.25) is 0 Å². The Kier molecular flexibility index (Phi) is 3.53. The van der Waals surface area contributed by atoms with Crippen molar-refractivity contribution in [2.75, 3.05) is 7.11 Å². The van der Waals surface area contributed by atoms with Crippen LogP contribution >= 0.6 is 0 Å². The maximum Gasteiger partial charge on any atom is 0.250 e. The molecule has 0 aliphatic carbocycles. The lowest BCUT2D eigenvalue weighted by atomic mass is 10.0. The minimum absolute atomic E-state index is 0.105.